The molecule has 0 saturated heterocycles. The molecule has 0 aromatic heterocycles. The fourth-order valence-corrected chi connectivity index (χ4v) is 1.60. The van der Waals surface area contributed by atoms with Crippen molar-refractivity contribution in [2.45, 2.75) is 13.8 Å². The summed E-state index contributed by atoms with van der Waals surface area (Å²) in [6.07, 6.45) is 1.76. The van der Waals surface area contributed by atoms with Gasteiger partial charge in [-0.25, -0.2) is 8.78 Å². The second-order valence-electron chi connectivity index (χ2n) is 3.74. The number of carbonyl (C=O) groups is 1. The van der Waals surface area contributed by atoms with Crippen LogP contribution in [0, 0.1) is 11.6 Å². The van der Waals surface area contributed by atoms with E-state index in [-0.39, 0.29) is 11.0 Å². The zero-order valence-corrected chi connectivity index (χ0v) is 11.1. The molecule has 5 heteroatoms. The van der Waals surface area contributed by atoms with Gasteiger partial charge in [-0.05, 0) is 26.0 Å². The number of carbonyl (C=O) groups excluding carboxylic acids is 1. The molecule has 92 valence electrons. The number of amides is 1. The Labute approximate surface area is 107 Å². The highest BCUT2D eigenvalue weighted by molar-refractivity contribution is 9.10. The maximum absolute atomic E-state index is 13.4. The Kier molecular flexibility index (Phi) is 4.81. The lowest BCUT2D eigenvalue weighted by atomic mass is 10.2. The van der Waals surface area contributed by atoms with Crippen LogP contribution >= 0.6 is 15.9 Å². The normalized spacial score (nSPS) is 9.94. The molecule has 0 atom stereocenters. The van der Waals surface area contributed by atoms with Crippen molar-refractivity contribution >= 4 is 21.8 Å². The van der Waals surface area contributed by atoms with Crippen LogP contribution in [0.2, 0.25) is 0 Å². The molecule has 0 spiro atoms. The smallest absolute Gasteiger partial charge is 0.257 e. The lowest BCUT2D eigenvalue weighted by Crippen LogP contribution is -2.25. The van der Waals surface area contributed by atoms with Gasteiger partial charge in [-0.3, -0.25) is 4.79 Å². The van der Waals surface area contributed by atoms with Gasteiger partial charge in [0.25, 0.3) is 5.91 Å². The Morgan fingerprint density at radius 1 is 1.35 bits per heavy atom. The van der Waals surface area contributed by atoms with Crippen LogP contribution in [0.25, 0.3) is 0 Å². The largest absolute Gasteiger partial charge is 0.348 e. The second kappa shape index (κ2) is 5.91. The molecular weight excluding hydrogens is 292 g/mol. The Hall–Kier alpha value is -1.23. The first kappa shape index (κ1) is 13.8. The van der Waals surface area contributed by atoms with Crippen molar-refractivity contribution in [3.05, 3.63) is 45.5 Å². The van der Waals surface area contributed by atoms with E-state index in [9.17, 15) is 13.6 Å². The molecule has 1 N–H and O–H groups in total. The quantitative estimate of drug-likeness (QED) is 0.852. The van der Waals surface area contributed by atoms with Crippen LogP contribution in [0.3, 0.4) is 0 Å². The predicted molar refractivity (Wildman–Crippen MR) is 65.8 cm³/mol. The van der Waals surface area contributed by atoms with E-state index >= 15 is 0 Å². The van der Waals surface area contributed by atoms with Gasteiger partial charge in [-0.2, -0.15) is 0 Å². The average Bonchev–Trinajstić information content (AvgIpc) is 2.14. The molecule has 1 amide bonds. The zero-order chi connectivity index (χ0) is 13.0. The number of hydrogen-bond acceptors (Lipinski definition) is 1. The summed E-state index contributed by atoms with van der Waals surface area (Å²) < 4.78 is 27.1. The summed E-state index contributed by atoms with van der Waals surface area (Å²) in [6.45, 7) is 3.98. The summed E-state index contributed by atoms with van der Waals surface area (Å²) >= 11 is 2.95. The average molecular weight is 304 g/mol. The zero-order valence-electron chi connectivity index (χ0n) is 9.48. The molecule has 1 aromatic carbocycles. The molecule has 0 heterocycles. The molecule has 0 aliphatic carbocycles. The summed E-state index contributed by atoms with van der Waals surface area (Å²) in [4.78, 5) is 11.5. The van der Waals surface area contributed by atoms with Crippen molar-refractivity contribution in [2.24, 2.45) is 0 Å². The maximum atomic E-state index is 13.4. The minimum Gasteiger partial charge on any atom is -0.348 e. The number of benzene rings is 1. The van der Waals surface area contributed by atoms with Gasteiger partial charge >= 0.3 is 0 Å². The summed E-state index contributed by atoms with van der Waals surface area (Å²) in [5.41, 5.74) is 0.456. The van der Waals surface area contributed by atoms with Crippen LogP contribution in [0.4, 0.5) is 8.78 Å². The van der Waals surface area contributed by atoms with Crippen LogP contribution in [0.15, 0.2) is 28.3 Å². The molecule has 2 nitrogen and oxygen atoms in total. The van der Waals surface area contributed by atoms with Gasteiger partial charge in [0.2, 0.25) is 0 Å². The lowest BCUT2D eigenvalue weighted by Gasteiger charge is -2.06. The SMILES string of the molecule is CC(C)=CCNC(=O)c1c(F)cc(Br)cc1F. The fraction of sp³-hybridized carbons (Fsp3) is 0.250. The Morgan fingerprint density at radius 2 is 1.88 bits per heavy atom. The van der Waals surface area contributed by atoms with Crippen molar-refractivity contribution in [3.8, 4) is 0 Å². The third-order valence-corrected chi connectivity index (χ3v) is 2.46. The standard InChI is InChI=1S/C12H12BrF2NO/c1-7(2)3-4-16-12(17)11-9(14)5-8(13)6-10(11)15/h3,5-6H,4H2,1-2H3,(H,16,17). The first-order valence-electron chi connectivity index (χ1n) is 4.98. The highest BCUT2D eigenvalue weighted by Crippen LogP contribution is 2.19. The van der Waals surface area contributed by atoms with E-state index in [1.807, 2.05) is 13.8 Å². The molecule has 0 unspecified atom stereocenters. The van der Waals surface area contributed by atoms with Crippen LogP contribution in [-0.2, 0) is 0 Å². The van der Waals surface area contributed by atoms with Crippen LogP contribution in [-0.4, -0.2) is 12.5 Å². The highest BCUT2D eigenvalue weighted by Gasteiger charge is 2.17. The minimum absolute atomic E-state index is 0.246. The van der Waals surface area contributed by atoms with Gasteiger partial charge in [0, 0.05) is 11.0 Å². The maximum Gasteiger partial charge on any atom is 0.257 e. The predicted octanol–water partition coefficient (Wildman–Crippen LogP) is 3.42. The van der Waals surface area contributed by atoms with Crippen LogP contribution in [0.5, 0.6) is 0 Å². The van der Waals surface area contributed by atoms with Gasteiger partial charge in [0.15, 0.2) is 0 Å². The van der Waals surface area contributed by atoms with Crippen molar-refractivity contribution in [3.63, 3.8) is 0 Å². The fourth-order valence-electron chi connectivity index (χ4n) is 1.20. The van der Waals surface area contributed by atoms with E-state index in [0.717, 1.165) is 17.7 Å². The van der Waals surface area contributed by atoms with E-state index in [1.165, 1.54) is 0 Å². The van der Waals surface area contributed by atoms with E-state index in [2.05, 4.69) is 21.2 Å². The van der Waals surface area contributed by atoms with Gasteiger partial charge in [0.05, 0.1) is 0 Å². The van der Waals surface area contributed by atoms with Gasteiger partial charge < -0.3 is 5.32 Å². The molecule has 0 aliphatic heterocycles. The molecule has 0 radical (unpaired) electrons. The van der Waals surface area contributed by atoms with Crippen molar-refractivity contribution in [1.82, 2.24) is 5.32 Å². The van der Waals surface area contributed by atoms with Gasteiger partial charge in [0.1, 0.15) is 17.2 Å². The Bertz CT molecular complexity index is 445. The molecule has 1 rings (SSSR count). The molecule has 1 aromatic rings. The van der Waals surface area contributed by atoms with E-state index < -0.39 is 23.1 Å². The topological polar surface area (TPSA) is 29.1 Å². The summed E-state index contributed by atoms with van der Waals surface area (Å²) in [5.74, 6) is -2.52. The number of nitrogens with one attached hydrogen (secondary N) is 1. The van der Waals surface area contributed by atoms with Crippen LogP contribution in [0.1, 0.15) is 24.2 Å². The number of allylic oxidation sites excluding steroid dienone is 1. The minimum atomic E-state index is -0.883. The lowest BCUT2D eigenvalue weighted by molar-refractivity contribution is 0.0949. The van der Waals surface area contributed by atoms with Crippen molar-refractivity contribution in [2.75, 3.05) is 6.54 Å². The molecule has 17 heavy (non-hydrogen) atoms. The first-order chi connectivity index (χ1) is 7.91. The molecule has 0 saturated carbocycles. The van der Waals surface area contributed by atoms with E-state index in [4.69, 9.17) is 0 Å². The summed E-state index contributed by atoms with van der Waals surface area (Å²) in [6, 6.07) is 2.11. The van der Waals surface area contributed by atoms with Gasteiger partial charge in [-0.15, -0.1) is 0 Å². The Balaban J connectivity index is 2.86. The monoisotopic (exact) mass is 303 g/mol. The number of halogens is 3. The third kappa shape index (κ3) is 3.93. The molecule has 0 aliphatic rings. The summed E-state index contributed by atoms with van der Waals surface area (Å²) in [5, 5.41) is 2.42. The first-order valence-corrected chi connectivity index (χ1v) is 5.77. The molecule has 0 fully saturated rings. The van der Waals surface area contributed by atoms with E-state index in [1.54, 1.807) is 6.08 Å². The number of rotatable bonds is 3. The number of hydrogen-bond donors (Lipinski definition) is 1. The van der Waals surface area contributed by atoms with Crippen LogP contribution < -0.4 is 5.32 Å². The van der Waals surface area contributed by atoms with Crippen molar-refractivity contribution in [1.29, 1.82) is 0 Å². The molecular formula is C12H12BrF2NO. The third-order valence-electron chi connectivity index (χ3n) is 2.01. The Morgan fingerprint density at radius 3 is 2.35 bits per heavy atom. The van der Waals surface area contributed by atoms with Gasteiger partial charge in [-0.1, -0.05) is 27.6 Å². The molecule has 0 bridgehead atoms. The van der Waals surface area contributed by atoms with Crippen molar-refractivity contribution < 1.29 is 13.6 Å². The van der Waals surface area contributed by atoms with E-state index in [0.29, 0.717) is 0 Å². The summed E-state index contributed by atoms with van der Waals surface area (Å²) in [7, 11) is 0. The highest BCUT2D eigenvalue weighted by atomic mass is 79.9. The second-order valence-corrected chi connectivity index (χ2v) is 4.65.